The Kier molecular flexibility index (Phi) is 4.46. The lowest BCUT2D eigenvalue weighted by Crippen LogP contribution is -2.11. The van der Waals surface area contributed by atoms with Crippen LogP contribution in [0.4, 0.5) is 0 Å². The molecule has 3 aromatic rings. The lowest BCUT2D eigenvalue weighted by Gasteiger charge is -2.03. The maximum Gasteiger partial charge on any atom is 0.335 e. The van der Waals surface area contributed by atoms with Crippen molar-refractivity contribution in [1.29, 1.82) is 5.26 Å². The molecule has 7 heteroatoms. The fourth-order valence-corrected chi connectivity index (χ4v) is 2.64. The quantitative estimate of drug-likeness (QED) is 0.660. The number of nitriles is 1. The van der Waals surface area contributed by atoms with Gasteiger partial charge in [0.1, 0.15) is 6.07 Å². The smallest absolute Gasteiger partial charge is 0.335 e. The zero-order valence-electron chi connectivity index (χ0n) is 12.7. The molecule has 0 aliphatic carbocycles. The highest BCUT2D eigenvalue weighted by molar-refractivity contribution is 9.10. The molecular weight excluding hydrogens is 386 g/mol. The van der Waals surface area contributed by atoms with E-state index in [-0.39, 0.29) is 22.5 Å². The van der Waals surface area contributed by atoms with Crippen molar-refractivity contribution in [2.75, 3.05) is 0 Å². The Morgan fingerprint density at radius 2 is 1.96 bits per heavy atom. The van der Waals surface area contributed by atoms with Gasteiger partial charge in [-0.25, -0.2) is 9.78 Å². The first-order valence-electron chi connectivity index (χ1n) is 7.13. The summed E-state index contributed by atoms with van der Waals surface area (Å²) >= 11 is 3.30. The molecule has 122 valence electrons. The highest BCUT2D eigenvalue weighted by Gasteiger charge is 2.09. The monoisotopic (exact) mass is 395 g/mol. The molecule has 2 N–H and O–H groups in total. The molecule has 0 aliphatic rings. The standard InChI is InChI=1S/C18H10BrN3O3/c19-13-5-6-15-14(8-13)17(23)22-16(21-15)12(9-20)7-10-1-3-11(4-2-10)18(24)25/h1-8H,(H,24,25)(H,21,22,23). The van der Waals surface area contributed by atoms with Gasteiger partial charge in [-0.15, -0.1) is 0 Å². The van der Waals surface area contributed by atoms with Gasteiger partial charge in [0.2, 0.25) is 0 Å². The second kappa shape index (κ2) is 6.71. The zero-order valence-corrected chi connectivity index (χ0v) is 14.2. The van der Waals surface area contributed by atoms with E-state index in [1.807, 2.05) is 6.07 Å². The third-order valence-corrected chi connectivity index (χ3v) is 4.00. The van der Waals surface area contributed by atoms with E-state index in [0.29, 0.717) is 16.5 Å². The van der Waals surface area contributed by atoms with Crippen LogP contribution in [0.1, 0.15) is 21.7 Å². The molecule has 0 aliphatic heterocycles. The van der Waals surface area contributed by atoms with Gasteiger partial charge < -0.3 is 10.1 Å². The Hall–Kier alpha value is -3.24. The van der Waals surface area contributed by atoms with Gasteiger partial charge in [-0.1, -0.05) is 28.1 Å². The first-order valence-corrected chi connectivity index (χ1v) is 7.92. The number of hydrogen-bond donors (Lipinski definition) is 2. The Morgan fingerprint density at radius 3 is 2.60 bits per heavy atom. The fourth-order valence-electron chi connectivity index (χ4n) is 2.28. The Balaban J connectivity index is 2.08. The summed E-state index contributed by atoms with van der Waals surface area (Å²) in [7, 11) is 0. The predicted octanol–water partition coefficient (Wildman–Crippen LogP) is 3.45. The summed E-state index contributed by atoms with van der Waals surface area (Å²) in [6.07, 6.45) is 1.54. The summed E-state index contributed by atoms with van der Waals surface area (Å²) in [5.41, 5.74) is 1.08. The number of nitrogens with zero attached hydrogens (tertiary/aromatic N) is 2. The molecule has 0 saturated heterocycles. The Labute approximate surface area is 150 Å². The van der Waals surface area contributed by atoms with Crippen molar-refractivity contribution in [3.8, 4) is 6.07 Å². The minimum absolute atomic E-state index is 0.151. The van der Waals surface area contributed by atoms with Gasteiger partial charge >= 0.3 is 5.97 Å². The Bertz CT molecular complexity index is 1110. The topological polar surface area (TPSA) is 107 Å². The van der Waals surface area contributed by atoms with Crippen LogP contribution < -0.4 is 5.56 Å². The number of aromatic nitrogens is 2. The molecular formula is C18H10BrN3O3. The summed E-state index contributed by atoms with van der Waals surface area (Å²) in [5, 5.41) is 18.7. The van der Waals surface area contributed by atoms with Crippen LogP contribution in [0.5, 0.6) is 0 Å². The second-order valence-electron chi connectivity index (χ2n) is 5.17. The normalized spacial score (nSPS) is 11.3. The SMILES string of the molecule is N#CC(=Cc1ccc(C(=O)O)cc1)c1nc2ccc(Br)cc2c(=O)[nH]1. The van der Waals surface area contributed by atoms with Gasteiger partial charge in [0.15, 0.2) is 5.82 Å². The van der Waals surface area contributed by atoms with Crippen molar-refractivity contribution in [3.63, 3.8) is 0 Å². The molecule has 3 rings (SSSR count). The van der Waals surface area contributed by atoms with Gasteiger partial charge in [0, 0.05) is 4.47 Å². The second-order valence-corrected chi connectivity index (χ2v) is 6.09. The van der Waals surface area contributed by atoms with Crippen molar-refractivity contribution in [3.05, 3.63) is 74.2 Å². The number of carbonyl (C=O) groups is 1. The lowest BCUT2D eigenvalue weighted by molar-refractivity contribution is 0.0697. The van der Waals surface area contributed by atoms with Crippen LogP contribution in [0.2, 0.25) is 0 Å². The molecule has 0 radical (unpaired) electrons. The van der Waals surface area contributed by atoms with Crippen molar-refractivity contribution >= 4 is 44.5 Å². The van der Waals surface area contributed by atoms with E-state index < -0.39 is 5.97 Å². The molecule has 0 atom stereocenters. The molecule has 25 heavy (non-hydrogen) atoms. The fraction of sp³-hybridized carbons (Fsp3) is 0. The predicted molar refractivity (Wildman–Crippen MR) is 96.9 cm³/mol. The largest absolute Gasteiger partial charge is 0.478 e. The number of benzene rings is 2. The van der Waals surface area contributed by atoms with E-state index in [9.17, 15) is 14.9 Å². The molecule has 0 saturated carbocycles. The first-order chi connectivity index (χ1) is 12.0. The number of fused-ring (bicyclic) bond motifs is 1. The number of nitrogens with one attached hydrogen (secondary N) is 1. The number of carboxylic acids is 1. The lowest BCUT2D eigenvalue weighted by atomic mass is 10.1. The average molecular weight is 396 g/mol. The van der Waals surface area contributed by atoms with Crippen LogP contribution in [0, 0.1) is 11.3 Å². The zero-order chi connectivity index (χ0) is 18.0. The van der Waals surface area contributed by atoms with E-state index in [1.165, 1.54) is 18.2 Å². The number of aromatic carboxylic acids is 1. The van der Waals surface area contributed by atoms with Crippen LogP contribution in [0.3, 0.4) is 0 Å². The number of allylic oxidation sites excluding steroid dienone is 1. The van der Waals surface area contributed by atoms with Crippen molar-refractivity contribution in [2.24, 2.45) is 0 Å². The molecule has 1 heterocycles. The van der Waals surface area contributed by atoms with Crippen molar-refractivity contribution in [1.82, 2.24) is 9.97 Å². The first kappa shape index (κ1) is 16.6. The summed E-state index contributed by atoms with van der Waals surface area (Å²) in [4.78, 5) is 30.0. The molecule has 0 amide bonds. The van der Waals surface area contributed by atoms with Crippen LogP contribution in [0.25, 0.3) is 22.6 Å². The summed E-state index contributed by atoms with van der Waals surface area (Å²) in [5.74, 6) is -0.868. The van der Waals surface area contributed by atoms with Gasteiger partial charge in [-0.3, -0.25) is 4.79 Å². The molecule has 0 bridgehead atoms. The molecule has 2 aromatic carbocycles. The van der Waals surface area contributed by atoms with Gasteiger partial charge in [0.25, 0.3) is 5.56 Å². The number of carboxylic acid groups (broad SMARTS) is 1. The maximum absolute atomic E-state index is 12.2. The highest BCUT2D eigenvalue weighted by Crippen LogP contribution is 2.19. The van der Waals surface area contributed by atoms with Gasteiger partial charge in [-0.05, 0) is 42.0 Å². The van der Waals surface area contributed by atoms with E-state index in [1.54, 1.807) is 30.3 Å². The molecule has 0 unspecified atom stereocenters. The number of aromatic amines is 1. The van der Waals surface area contributed by atoms with Crippen LogP contribution >= 0.6 is 15.9 Å². The summed E-state index contributed by atoms with van der Waals surface area (Å²) < 4.78 is 0.759. The average Bonchev–Trinajstić information content (AvgIpc) is 2.60. The minimum Gasteiger partial charge on any atom is -0.478 e. The van der Waals surface area contributed by atoms with Crippen LogP contribution in [-0.4, -0.2) is 21.0 Å². The van der Waals surface area contributed by atoms with Crippen molar-refractivity contribution in [2.45, 2.75) is 0 Å². The maximum atomic E-state index is 12.2. The number of rotatable bonds is 3. The highest BCUT2D eigenvalue weighted by atomic mass is 79.9. The molecule has 1 aromatic heterocycles. The van der Waals surface area contributed by atoms with E-state index in [2.05, 4.69) is 25.9 Å². The van der Waals surface area contributed by atoms with E-state index >= 15 is 0 Å². The number of hydrogen-bond acceptors (Lipinski definition) is 4. The molecule has 6 nitrogen and oxygen atoms in total. The Morgan fingerprint density at radius 1 is 1.24 bits per heavy atom. The summed E-state index contributed by atoms with van der Waals surface area (Å²) in [6.45, 7) is 0. The summed E-state index contributed by atoms with van der Waals surface area (Å²) in [6, 6.07) is 13.2. The molecule has 0 fully saturated rings. The van der Waals surface area contributed by atoms with Crippen LogP contribution in [0.15, 0.2) is 51.7 Å². The van der Waals surface area contributed by atoms with Crippen molar-refractivity contribution < 1.29 is 9.90 Å². The van der Waals surface area contributed by atoms with Gasteiger partial charge in [0.05, 0.1) is 22.0 Å². The van der Waals surface area contributed by atoms with E-state index in [4.69, 9.17) is 5.11 Å². The van der Waals surface area contributed by atoms with Gasteiger partial charge in [-0.2, -0.15) is 5.26 Å². The number of halogens is 1. The number of H-pyrrole nitrogens is 1. The molecule has 0 spiro atoms. The third kappa shape index (κ3) is 3.49. The van der Waals surface area contributed by atoms with Crippen LogP contribution in [-0.2, 0) is 0 Å². The van der Waals surface area contributed by atoms with E-state index in [0.717, 1.165) is 4.47 Å². The minimum atomic E-state index is -1.03. The third-order valence-electron chi connectivity index (χ3n) is 3.51.